The number of rotatable bonds is 4. The second-order valence-corrected chi connectivity index (χ2v) is 5.34. The van der Waals surface area contributed by atoms with E-state index in [9.17, 15) is 9.18 Å². The molecular formula is C17H21FN2O. The van der Waals surface area contributed by atoms with Crippen molar-refractivity contribution < 1.29 is 9.18 Å². The minimum Gasteiger partial charge on any atom is -0.339 e. The lowest BCUT2D eigenvalue weighted by atomic mass is 9.85. The molecule has 1 saturated carbocycles. The molecule has 1 aliphatic rings. The van der Waals surface area contributed by atoms with Crippen LogP contribution in [0.25, 0.3) is 0 Å². The first-order valence-electron chi connectivity index (χ1n) is 7.43. The molecule has 0 radical (unpaired) electrons. The molecule has 0 spiro atoms. The third kappa shape index (κ3) is 3.83. The molecule has 1 amide bonds. The van der Waals surface area contributed by atoms with Crippen LogP contribution in [-0.4, -0.2) is 30.4 Å². The Morgan fingerprint density at radius 1 is 1.48 bits per heavy atom. The zero-order valence-corrected chi connectivity index (χ0v) is 12.4. The summed E-state index contributed by atoms with van der Waals surface area (Å²) in [7, 11) is 0. The second-order valence-electron chi connectivity index (χ2n) is 5.34. The van der Waals surface area contributed by atoms with Gasteiger partial charge in [0.25, 0.3) is 5.91 Å². The van der Waals surface area contributed by atoms with Gasteiger partial charge in [0.05, 0.1) is 12.1 Å². The summed E-state index contributed by atoms with van der Waals surface area (Å²) in [5.74, 6) is 5.29. The van der Waals surface area contributed by atoms with E-state index in [0.717, 1.165) is 6.54 Å². The van der Waals surface area contributed by atoms with Crippen molar-refractivity contribution in [1.29, 1.82) is 0 Å². The number of nitrogens with zero attached hydrogens (tertiary/aromatic N) is 1. The average Bonchev–Trinajstić information content (AvgIpc) is 2.44. The van der Waals surface area contributed by atoms with Gasteiger partial charge in [0.2, 0.25) is 0 Å². The summed E-state index contributed by atoms with van der Waals surface area (Å²) >= 11 is 0. The topological polar surface area (TPSA) is 46.3 Å². The van der Waals surface area contributed by atoms with Gasteiger partial charge in [0, 0.05) is 18.7 Å². The quantitative estimate of drug-likeness (QED) is 0.865. The van der Waals surface area contributed by atoms with E-state index in [-0.39, 0.29) is 18.0 Å². The molecule has 0 bridgehead atoms. The number of nitrogens with two attached hydrogens (primary N) is 1. The highest BCUT2D eigenvalue weighted by Gasteiger charge is 2.23. The van der Waals surface area contributed by atoms with Crippen LogP contribution in [0.4, 0.5) is 4.39 Å². The zero-order valence-electron chi connectivity index (χ0n) is 12.4. The fourth-order valence-electron chi connectivity index (χ4n) is 2.42. The molecule has 0 atom stereocenters. The van der Waals surface area contributed by atoms with E-state index >= 15 is 0 Å². The lowest BCUT2D eigenvalue weighted by Crippen LogP contribution is -2.37. The molecule has 1 fully saturated rings. The first kappa shape index (κ1) is 15.5. The fourth-order valence-corrected chi connectivity index (χ4v) is 2.42. The number of benzene rings is 1. The Kier molecular flexibility index (Phi) is 5.35. The van der Waals surface area contributed by atoms with Crippen LogP contribution in [0.1, 0.15) is 42.1 Å². The fraction of sp³-hybridized carbons (Fsp3) is 0.471. The van der Waals surface area contributed by atoms with Crippen LogP contribution in [-0.2, 0) is 0 Å². The van der Waals surface area contributed by atoms with Crippen LogP contribution in [0, 0.1) is 23.6 Å². The lowest BCUT2D eigenvalue weighted by molar-refractivity contribution is 0.0706. The summed E-state index contributed by atoms with van der Waals surface area (Å²) in [4.78, 5) is 14.2. The number of halogens is 1. The largest absolute Gasteiger partial charge is 0.339 e. The summed E-state index contributed by atoms with van der Waals surface area (Å²) in [5, 5.41) is 0. The average molecular weight is 288 g/mol. The Morgan fingerprint density at radius 3 is 2.76 bits per heavy atom. The maximum absolute atomic E-state index is 13.9. The van der Waals surface area contributed by atoms with Crippen molar-refractivity contribution in [2.45, 2.75) is 26.2 Å². The van der Waals surface area contributed by atoms with Crippen LogP contribution in [0.5, 0.6) is 0 Å². The number of amides is 1. The monoisotopic (exact) mass is 288 g/mol. The predicted molar refractivity (Wildman–Crippen MR) is 81.3 cm³/mol. The van der Waals surface area contributed by atoms with Gasteiger partial charge >= 0.3 is 0 Å². The van der Waals surface area contributed by atoms with Crippen LogP contribution < -0.4 is 5.73 Å². The van der Waals surface area contributed by atoms with Crippen molar-refractivity contribution in [3.63, 3.8) is 0 Å². The van der Waals surface area contributed by atoms with Gasteiger partial charge < -0.3 is 10.6 Å². The number of carbonyl (C=O) groups excluding carboxylic acids is 1. The Morgan fingerprint density at radius 2 is 2.24 bits per heavy atom. The molecule has 4 heteroatoms. The molecule has 0 aromatic heterocycles. The summed E-state index contributed by atoms with van der Waals surface area (Å²) in [6.07, 6.45) is 3.62. The SMILES string of the molecule is CCN(CC1CCC1)C(=O)c1ccc(C#CCN)c(F)c1. The molecule has 21 heavy (non-hydrogen) atoms. The van der Waals surface area contributed by atoms with E-state index in [4.69, 9.17) is 5.73 Å². The highest BCUT2D eigenvalue weighted by atomic mass is 19.1. The normalized spacial score (nSPS) is 14.0. The van der Waals surface area contributed by atoms with Gasteiger partial charge in [-0.2, -0.15) is 0 Å². The molecule has 1 aromatic carbocycles. The Balaban J connectivity index is 2.11. The van der Waals surface area contributed by atoms with Gasteiger partial charge in [-0.1, -0.05) is 18.3 Å². The zero-order chi connectivity index (χ0) is 15.2. The third-order valence-electron chi connectivity index (χ3n) is 3.91. The number of carbonyl (C=O) groups is 1. The van der Waals surface area contributed by atoms with Gasteiger partial charge in [-0.05, 0) is 43.9 Å². The van der Waals surface area contributed by atoms with Crippen LogP contribution in [0.2, 0.25) is 0 Å². The van der Waals surface area contributed by atoms with Crippen molar-refractivity contribution in [3.05, 3.63) is 35.1 Å². The molecule has 3 nitrogen and oxygen atoms in total. The second kappa shape index (κ2) is 7.24. The smallest absolute Gasteiger partial charge is 0.253 e. The lowest BCUT2D eigenvalue weighted by Gasteiger charge is -2.31. The van der Waals surface area contributed by atoms with Crippen LogP contribution in [0.15, 0.2) is 18.2 Å². The van der Waals surface area contributed by atoms with Crippen LogP contribution in [0.3, 0.4) is 0 Å². The molecule has 1 aliphatic carbocycles. The summed E-state index contributed by atoms with van der Waals surface area (Å²) in [6, 6.07) is 4.45. The molecule has 1 aromatic rings. The molecule has 0 heterocycles. The van der Waals surface area contributed by atoms with Crippen molar-refractivity contribution >= 4 is 5.91 Å². The van der Waals surface area contributed by atoms with Gasteiger partial charge in [0.1, 0.15) is 5.82 Å². The Labute approximate surface area is 125 Å². The maximum Gasteiger partial charge on any atom is 0.253 e. The number of hydrogen-bond donors (Lipinski definition) is 1. The van der Waals surface area contributed by atoms with Crippen molar-refractivity contribution in [3.8, 4) is 11.8 Å². The predicted octanol–water partition coefficient (Wildman–Crippen LogP) is 2.40. The summed E-state index contributed by atoms with van der Waals surface area (Å²) in [5.41, 5.74) is 5.93. The first-order valence-corrected chi connectivity index (χ1v) is 7.43. The molecule has 2 rings (SSSR count). The van der Waals surface area contributed by atoms with Gasteiger partial charge in [-0.15, -0.1) is 0 Å². The third-order valence-corrected chi connectivity index (χ3v) is 3.91. The van der Waals surface area contributed by atoms with E-state index in [2.05, 4.69) is 11.8 Å². The highest BCUT2D eigenvalue weighted by molar-refractivity contribution is 5.94. The van der Waals surface area contributed by atoms with E-state index in [0.29, 0.717) is 18.0 Å². The summed E-state index contributed by atoms with van der Waals surface area (Å²) in [6.45, 7) is 3.55. The minimum atomic E-state index is -0.471. The Bertz CT molecular complexity index is 570. The van der Waals surface area contributed by atoms with E-state index in [1.807, 2.05) is 6.92 Å². The van der Waals surface area contributed by atoms with E-state index in [1.54, 1.807) is 17.0 Å². The van der Waals surface area contributed by atoms with Crippen molar-refractivity contribution in [2.75, 3.05) is 19.6 Å². The van der Waals surface area contributed by atoms with E-state index < -0.39 is 5.82 Å². The van der Waals surface area contributed by atoms with Gasteiger partial charge in [-0.25, -0.2) is 4.39 Å². The molecule has 2 N–H and O–H groups in total. The highest BCUT2D eigenvalue weighted by Crippen LogP contribution is 2.27. The van der Waals surface area contributed by atoms with Crippen molar-refractivity contribution in [1.82, 2.24) is 4.90 Å². The van der Waals surface area contributed by atoms with E-state index in [1.165, 1.54) is 25.3 Å². The molecule has 0 saturated heterocycles. The van der Waals surface area contributed by atoms with Crippen LogP contribution >= 0.6 is 0 Å². The molecular weight excluding hydrogens is 267 g/mol. The maximum atomic E-state index is 13.9. The minimum absolute atomic E-state index is 0.110. The van der Waals surface area contributed by atoms with Gasteiger partial charge in [0.15, 0.2) is 0 Å². The standard InChI is InChI=1S/C17H21FN2O/c1-2-20(12-13-5-3-6-13)17(21)15-9-8-14(7-4-10-19)16(18)11-15/h8-9,11,13H,2-3,5-6,10,12,19H2,1H3. The molecule has 0 aliphatic heterocycles. The molecule has 0 unspecified atom stereocenters. The van der Waals surface area contributed by atoms with Gasteiger partial charge in [-0.3, -0.25) is 4.79 Å². The van der Waals surface area contributed by atoms with Crippen molar-refractivity contribution in [2.24, 2.45) is 11.7 Å². The summed E-state index contributed by atoms with van der Waals surface area (Å²) < 4.78 is 13.9. The Hall–Kier alpha value is -1.86. The number of hydrogen-bond acceptors (Lipinski definition) is 2. The molecule has 112 valence electrons. The first-order chi connectivity index (χ1) is 10.2.